The summed E-state index contributed by atoms with van der Waals surface area (Å²) in [7, 11) is 0. The van der Waals surface area contributed by atoms with Crippen molar-refractivity contribution in [2.24, 2.45) is 17.8 Å². The highest BCUT2D eigenvalue weighted by Gasteiger charge is 2.37. The van der Waals surface area contributed by atoms with E-state index in [2.05, 4.69) is 19.2 Å². The smallest absolute Gasteiger partial charge is 0.00980 e. The minimum Gasteiger partial charge on any atom is -0.314 e. The van der Waals surface area contributed by atoms with E-state index in [1.165, 1.54) is 32.2 Å². The number of fused-ring (bicyclic) bond motifs is 1. The van der Waals surface area contributed by atoms with Crippen molar-refractivity contribution in [1.82, 2.24) is 5.32 Å². The molecule has 1 heterocycles. The van der Waals surface area contributed by atoms with Crippen LogP contribution in [0.25, 0.3) is 0 Å². The third-order valence-corrected chi connectivity index (χ3v) is 3.86. The summed E-state index contributed by atoms with van der Waals surface area (Å²) >= 11 is 0. The summed E-state index contributed by atoms with van der Waals surface area (Å²) in [4.78, 5) is 0. The lowest BCUT2D eigenvalue weighted by molar-refractivity contribution is 0.165. The molecular formula is C15H33N. The van der Waals surface area contributed by atoms with E-state index in [1.807, 2.05) is 27.7 Å². The number of hydrogen-bond donors (Lipinski definition) is 1. The Kier molecular flexibility index (Phi) is 9.02. The van der Waals surface area contributed by atoms with Gasteiger partial charge in [-0.15, -0.1) is 0 Å². The lowest BCUT2D eigenvalue weighted by atomic mass is 9.76. The average Bonchev–Trinajstić information content (AvgIpc) is 2.81. The van der Waals surface area contributed by atoms with Gasteiger partial charge in [0.2, 0.25) is 0 Å². The minimum atomic E-state index is 0.881. The molecule has 0 aromatic carbocycles. The molecule has 0 amide bonds. The fourth-order valence-electron chi connectivity index (χ4n) is 3.23. The van der Waals surface area contributed by atoms with Gasteiger partial charge in [0.05, 0.1) is 0 Å². The van der Waals surface area contributed by atoms with Crippen LogP contribution in [0.1, 0.15) is 67.2 Å². The molecule has 1 saturated heterocycles. The molecule has 0 aromatic rings. The zero-order valence-electron chi connectivity index (χ0n) is 12.3. The third-order valence-electron chi connectivity index (χ3n) is 3.86. The molecule has 2 rings (SSSR count). The van der Waals surface area contributed by atoms with Gasteiger partial charge < -0.3 is 5.32 Å². The van der Waals surface area contributed by atoms with Crippen molar-refractivity contribution in [2.45, 2.75) is 73.3 Å². The Morgan fingerprint density at radius 3 is 2.12 bits per heavy atom. The van der Waals surface area contributed by atoms with Crippen LogP contribution >= 0.6 is 0 Å². The van der Waals surface area contributed by atoms with E-state index < -0.39 is 0 Å². The predicted molar refractivity (Wildman–Crippen MR) is 74.8 cm³/mol. The van der Waals surface area contributed by atoms with Crippen LogP contribution in [-0.4, -0.2) is 12.6 Å². The SMILES string of the molecule is CC.CC.CC(C)C1CCNC2CCCC21. The normalized spacial score (nSPS) is 32.1. The number of rotatable bonds is 1. The van der Waals surface area contributed by atoms with Crippen LogP contribution in [-0.2, 0) is 0 Å². The van der Waals surface area contributed by atoms with Gasteiger partial charge in [0.1, 0.15) is 0 Å². The second-order valence-corrected chi connectivity index (χ2v) is 4.85. The van der Waals surface area contributed by atoms with Crippen LogP contribution < -0.4 is 5.32 Å². The highest BCUT2D eigenvalue weighted by Crippen LogP contribution is 2.39. The summed E-state index contributed by atoms with van der Waals surface area (Å²) < 4.78 is 0. The molecule has 3 atom stereocenters. The van der Waals surface area contributed by atoms with E-state index in [9.17, 15) is 0 Å². The Bertz CT molecular complexity index is 154. The first-order valence-corrected chi connectivity index (χ1v) is 7.52. The molecule has 0 radical (unpaired) electrons. The van der Waals surface area contributed by atoms with Crippen molar-refractivity contribution in [3.05, 3.63) is 0 Å². The fourth-order valence-corrected chi connectivity index (χ4v) is 3.23. The molecule has 2 aliphatic rings. The van der Waals surface area contributed by atoms with Gasteiger partial charge in [0, 0.05) is 6.04 Å². The van der Waals surface area contributed by atoms with E-state index in [0.717, 1.165) is 23.8 Å². The average molecular weight is 227 g/mol. The maximum atomic E-state index is 3.67. The van der Waals surface area contributed by atoms with Crippen LogP contribution in [0.5, 0.6) is 0 Å². The molecule has 0 aromatic heterocycles. The summed E-state index contributed by atoms with van der Waals surface area (Å²) in [5.74, 6) is 2.93. The molecule has 1 nitrogen and oxygen atoms in total. The van der Waals surface area contributed by atoms with Crippen molar-refractivity contribution in [2.75, 3.05) is 6.54 Å². The lowest BCUT2D eigenvalue weighted by Crippen LogP contribution is -2.44. The van der Waals surface area contributed by atoms with Gasteiger partial charge in [0.15, 0.2) is 0 Å². The zero-order chi connectivity index (χ0) is 12.6. The zero-order valence-corrected chi connectivity index (χ0v) is 12.3. The number of nitrogens with one attached hydrogen (secondary N) is 1. The van der Waals surface area contributed by atoms with E-state index in [0.29, 0.717) is 0 Å². The first-order chi connectivity index (χ1) is 7.79. The van der Waals surface area contributed by atoms with Gasteiger partial charge in [-0.2, -0.15) is 0 Å². The molecule has 0 bridgehead atoms. The fraction of sp³-hybridized carbons (Fsp3) is 1.00. The maximum absolute atomic E-state index is 3.67. The van der Waals surface area contributed by atoms with Gasteiger partial charge in [-0.05, 0) is 43.6 Å². The topological polar surface area (TPSA) is 12.0 Å². The number of hydrogen-bond acceptors (Lipinski definition) is 1. The summed E-state index contributed by atoms with van der Waals surface area (Å²) in [6.07, 6.45) is 5.80. The van der Waals surface area contributed by atoms with Crippen LogP contribution in [0.15, 0.2) is 0 Å². The molecule has 1 saturated carbocycles. The Balaban J connectivity index is 0.000000509. The van der Waals surface area contributed by atoms with Gasteiger partial charge in [-0.1, -0.05) is 48.0 Å². The number of piperidine rings is 1. The molecule has 1 N–H and O–H groups in total. The summed E-state index contributed by atoms with van der Waals surface area (Å²) in [6.45, 7) is 14.1. The maximum Gasteiger partial charge on any atom is 0.00980 e. The molecule has 3 unspecified atom stereocenters. The highest BCUT2D eigenvalue weighted by atomic mass is 14.9. The van der Waals surface area contributed by atoms with Crippen molar-refractivity contribution in [3.63, 3.8) is 0 Å². The second kappa shape index (κ2) is 9.04. The molecule has 2 fully saturated rings. The standard InChI is InChI=1S/C11H21N.2C2H6/c1-8(2)9-6-7-12-11-5-3-4-10(9)11;2*1-2/h8-12H,3-7H2,1-2H3;2*1-2H3. The van der Waals surface area contributed by atoms with E-state index >= 15 is 0 Å². The Hall–Kier alpha value is -0.0400. The molecule has 1 aliphatic heterocycles. The highest BCUT2D eigenvalue weighted by molar-refractivity contribution is 4.92. The molecule has 16 heavy (non-hydrogen) atoms. The van der Waals surface area contributed by atoms with Gasteiger partial charge >= 0.3 is 0 Å². The molecule has 0 spiro atoms. The Morgan fingerprint density at radius 1 is 0.938 bits per heavy atom. The Morgan fingerprint density at radius 2 is 1.56 bits per heavy atom. The first-order valence-electron chi connectivity index (χ1n) is 7.52. The van der Waals surface area contributed by atoms with Crippen LogP contribution in [0.4, 0.5) is 0 Å². The Labute approximate surface area is 103 Å². The molecule has 1 heteroatoms. The quantitative estimate of drug-likeness (QED) is 0.697. The summed E-state index contributed by atoms with van der Waals surface area (Å²) in [5, 5.41) is 3.67. The molecular weight excluding hydrogens is 194 g/mol. The lowest BCUT2D eigenvalue weighted by Gasteiger charge is -2.37. The van der Waals surface area contributed by atoms with Gasteiger partial charge in [-0.25, -0.2) is 0 Å². The van der Waals surface area contributed by atoms with Crippen molar-refractivity contribution in [3.8, 4) is 0 Å². The van der Waals surface area contributed by atoms with Crippen molar-refractivity contribution >= 4 is 0 Å². The first kappa shape index (κ1) is 16.0. The third kappa shape index (κ3) is 4.08. The minimum absolute atomic E-state index is 0.881. The molecule has 98 valence electrons. The van der Waals surface area contributed by atoms with E-state index in [1.54, 1.807) is 0 Å². The van der Waals surface area contributed by atoms with Crippen molar-refractivity contribution < 1.29 is 0 Å². The largest absolute Gasteiger partial charge is 0.314 e. The van der Waals surface area contributed by atoms with Gasteiger partial charge in [-0.3, -0.25) is 0 Å². The van der Waals surface area contributed by atoms with E-state index in [4.69, 9.17) is 0 Å². The predicted octanol–water partition coefficient (Wildman–Crippen LogP) is 4.47. The summed E-state index contributed by atoms with van der Waals surface area (Å²) in [5.41, 5.74) is 0. The summed E-state index contributed by atoms with van der Waals surface area (Å²) in [6, 6.07) is 0.881. The van der Waals surface area contributed by atoms with Crippen LogP contribution in [0.2, 0.25) is 0 Å². The van der Waals surface area contributed by atoms with Crippen LogP contribution in [0.3, 0.4) is 0 Å². The second-order valence-electron chi connectivity index (χ2n) is 4.85. The van der Waals surface area contributed by atoms with Crippen molar-refractivity contribution in [1.29, 1.82) is 0 Å². The monoisotopic (exact) mass is 227 g/mol. The van der Waals surface area contributed by atoms with E-state index in [-0.39, 0.29) is 0 Å². The van der Waals surface area contributed by atoms with Gasteiger partial charge in [0.25, 0.3) is 0 Å². The van der Waals surface area contributed by atoms with Crippen LogP contribution in [0, 0.1) is 17.8 Å². The molecule has 1 aliphatic carbocycles.